The zero-order valence-electron chi connectivity index (χ0n) is 14.4. The molecule has 1 aliphatic heterocycles. The molecule has 2 atom stereocenters. The number of aryl methyl sites for hydroxylation is 1. The minimum absolute atomic E-state index is 0.0615. The van der Waals surface area contributed by atoms with Crippen molar-refractivity contribution < 1.29 is 9.63 Å². The largest absolute Gasteiger partial charge is 0.385 e. The van der Waals surface area contributed by atoms with E-state index in [1.807, 2.05) is 34.8 Å². The quantitative estimate of drug-likeness (QED) is 0.757. The summed E-state index contributed by atoms with van der Waals surface area (Å²) in [4.78, 5) is 10.8. The molecule has 0 aliphatic carbocycles. The van der Waals surface area contributed by atoms with E-state index < -0.39 is 6.10 Å². The van der Waals surface area contributed by atoms with Crippen LogP contribution in [0.25, 0.3) is 11.4 Å². The van der Waals surface area contributed by atoms with E-state index in [2.05, 4.69) is 15.1 Å². The Hall–Kier alpha value is -2.38. The van der Waals surface area contributed by atoms with Crippen LogP contribution in [0, 0.1) is 5.92 Å². The number of aliphatic hydroxyl groups excluding tert-OH is 1. The molecular formula is C18H20ClN5O2. The maximum Gasteiger partial charge on any atom is 0.324 e. The smallest absolute Gasteiger partial charge is 0.324 e. The molecule has 0 bridgehead atoms. The van der Waals surface area contributed by atoms with Gasteiger partial charge in [0.05, 0.1) is 0 Å². The number of piperidine rings is 1. The van der Waals surface area contributed by atoms with Gasteiger partial charge in [-0.15, -0.1) is 0 Å². The predicted molar refractivity (Wildman–Crippen MR) is 97.8 cm³/mol. The van der Waals surface area contributed by atoms with Crippen molar-refractivity contribution in [3.05, 3.63) is 47.5 Å². The highest BCUT2D eigenvalue weighted by Crippen LogP contribution is 2.31. The van der Waals surface area contributed by atoms with E-state index in [0.717, 1.165) is 24.9 Å². The zero-order chi connectivity index (χ0) is 18.1. The molecule has 1 aromatic carbocycles. The molecule has 0 amide bonds. The summed E-state index contributed by atoms with van der Waals surface area (Å²) in [5, 5.41) is 15.4. The zero-order valence-corrected chi connectivity index (χ0v) is 15.2. The normalized spacial score (nSPS) is 18.9. The lowest BCUT2D eigenvalue weighted by molar-refractivity contribution is 0.0864. The van der Waals surface area contributed by atoms with E-state index >= 15 is 0 Å². The van der Waals surface area contributed by atoms with Crippen molar-refractivity contribution in [3.63, 3.8) is 0 Å². The Balaban J connectivity index is 1.51. The maximum absolute atomic E-state index is 10.7. The number of aromatic nitrogens is 4. The topological polar surface area (TPSA) is 80.2 Å². The Kier molecular flexibility index (Phi) is 4.65. The van der Waals surface area contributed by atoms with E-state index in [-0.39, 0.29) is 5.92 Å². The second-order valence-corrected chi connectivity index (χ2v) is 7.04. The van der Waals surface area contributed by atoms with Gasteiger partial charge in [-0.3, -0.25) is 0 Å². The summed E-state index contributed by atoms with van der Waals surface area (Å²) in [5.74, 6) is 1.25. The molecule has 0 radical (unpaired) electrons. The van der Waals surface area contributed by atoms with Gasteiger partial charge in [-0.25, -0.2) is 4.98 Å². The Morgan fingerprint density at radius 3 is 3.04 bits per heavy atom. The Morgan fingerprint density at radius 1 is 1.38 bits per heavy atom. The molecule has 8 heteroatoms. The number of anilines is 1. The Morgan fingerprint density at radius 2 is 2.27 bits per heavy atom. The van der Waals surface area contributed by atoms with Gasteiger partial charge in [-0.1, -0.05) is 28.9 Å². The highest BCUT2D eigenvalue weighted by molar-refractivity contribution is 6.30. The van der Waals surface area contributed by atoms with Crippen LogP contribution in [0.5, 0.6) is 0 Å². The molecule has 1 fully saturated rings. The van der Waals surface area contributed by atoms with Crippen molar-refractivity contribution in [1.82, 2.24) is 19.7 Å². The summed E-state index contributed by atoms with van der Waals surface area (Å²) in [7, 11) is 1.89. The average Bonchev–Trinajstić information content (AvgIpc) is 3.30. The molecule has 4 rings (SSSR count). The van der Waals surface area contributed by atoms with Crippen molar-refractivity contribution in [2.24, 2.45) is 13.0 Å². The summed E-state index contributed by atoms with van der Waals surface area (Å²) in [6.45, 7) is 1.46. The van der Waals surface area contributed by atoms with Gasteiger partial charge in [0, 0.05) is 49.0 Å². The van der Waals surface area contributed by atoms with E-state index in [1.54, 1.807) is 18.3 Å². The summed E-state index contributed by atoms with van der Waals surface area (Å²) in [6, 6.07) is 7.83. The van der Waals surface area contributed by atoms with E-state index in [4.69, 9.17) is 16.1 Å². The molecule has 2 unspecified atom stereocenters. The predicted octanol–water partition coefficient (Wildman–Crippen LogP) is 3.07. The Bertz CT molecular complexity index is 893. The fourth-order valence-corrected chi connectivity index (χ4v) is 3.59. The first kappa shape index (κ1) is 17.1. The number of nitrogens with zero attached hydrogens (tertiary/aromatic N) is 5. The van der Waals surface area contributed by atoms with Crippen LogP contribution >= 0.6 is 11.6 Å². The standard InChI is InChI=1S/C18H20ClN5O2/c1-23-9-7-20-17(23)15(25)13-5-3-8-24(11-13)18-21-16(22-26-18)12-4-2-6-14(19)10-12/h2,4,6-7,9-10,13,15,25H,3,5,8,11H2,1H3. The van der Waals surface area contributed by atoms with Crippen molar-refractivity contribution >= 4 is 17.6 Å². The maximum atomic E-state index is 10.7. The molecule has 0 saturated carbocycles. The second-order valence-electron chi connectivity index (χ2n) is 6.60. The number of imidazole rings is 1. The van der Waals surface area contributed by atoms with E-state index in [0.29, 0.717) is 29.2 Å². The monoisotopic (exact) mass is 373 g/mol. The van der Waals surface area contributed by atoms with Crippen LogP contribution in [0.2, 0.25) is 5.02 Å². The van der Waals surface area contributed by atoms with Gasteiger partial charge in [-0.2, -0.15) is 4.98 Å². The summed E-state index contributed by atoms with van der Waals surface area (Å²) in [6.07, 6.45) is 4.80. The minimum Gasteiger partial charge on any atom is -0.385 e. The van der Waals surface area contributed by atoms with Crippen LogP contribution in [-0.2, 0) is 7.05 Å². The van der Waals surface area contributed by atoms with Crippen LogP contribution in [-0.4, -0.2) is 37.9 Å². The number of hydrogen-bond acceptors (Lipinski definition) is 6. The molecule has 1 N–H and O–H groups in total. The lowest BCUT2D eigenvalue weighted by Gasteiger charge is -2.33. The van der Waals surface area contributed by atoms with Crippen molar-refractivity contribution in [1.29, 1.82) is 0 Å². The first-order valence-corrected chi connectivity index (χ1v) is 8.99. The molecule has 26 heavy (non-hydrogen) atoms. The van der Waals surface area contributed by atoms with Crippen molar-refractivity contribution in [2.75, 3.05) is 18.0 Å². The number of rotatable bonds is 4. The van der Waals surface area contributed by atoms with Gasteiger partial charge < -0.3 is 19.1 Å². The number of benzene rings is 1. The fourth-order valence-electron chi connectivity index (χ4n) is 3.40. The molecule has 7 nitrogen and oxygen atoms in total. The molecule has 2 aromatic heterocycles. The summed E-state index contributed by atoms with van der Waals surface area (Å²) < 4.78 is 7.31. The average molecular weight is 374 g/mol. The summed E-state index contributed by atoms with van der Waals surface area (Å²) in [5.41, 5.74) is 0.814. The highest BCUT2D eigenvalue weighted by Gasteiger charge is 2.31. The van der Waals surface area contributed by atoms with Gasteiger partial charge in [0.25, 0.3) is 0 Å². The van der Waals surface area contributed by atoms with Gasteiger partial charge in [0.1, 0.15) is 11.9 Å². The fraction of sp³-hybridized carbons (Fsp3) is 0.389. The first-order chi connectivity index (χ1) is 12.6. The number of halogens is 1. The van der Waals surface area contributed by atoms with Gasteiger partial charge >= 0.3 is 6.01 Å². The van der Waals surface area contributed by atoms with Gasteiger partial charge in [0.2, 0.25) is 5.82 Å². The lowest BCUT2D eigenvalue weighted by atomic mass is 9.92. The minimum atomic E-state index is -0.617. The molecular weight excluding hydrogens is 354 g/mol. The number of hydrogen-bond donors (Lipinski definition) is 1. The van der Waals surface area contributed by atoms with Gasteiger partial charge in [0.15, 0.2) is 0 Å². The lowest BCUT2D eigenvalue weighted by Crippen LogP contribution is -2.38. The molecule has 3 heterocycles. The van der Waals surface area contributed by atoms with Crippen molar-refractivity contribution in [3.8, 4) is 11.4 Å². The molecule has 1 saturated heterocycles. The third-order valence-electron chi connectivity index (χ3n) is 4.80. The van der Waals surface area contributed by atoms with Crippen LogP contribution in [0.1, 0.15) is 24.8 Å². The van der Waals surface area contributed by atoms with Crippen LogP contribution in [0.15, 0.2) is 41.2 Å². The van der Waals surface area contributed by atoms with Crippen molar-refractivity contribution in [2.45, 2.75) is 18.9 Å². The SMILES string of the molecule is Cn1ccnc1C(O)C1CCCN(c2nc(-c3cccc(Cl)c3)no2)C1. The first-order valence-electron chi connectivity index (χ1n) is 8.61. The highest BCUT2D eigenvalue weighted by atomic mass is 35.5. The van der Waals surface area contributed by atoms with E-state index in [1.165, 1.54) is 0 Å². The summed E-state index contributed by atoms with van der Waals surface area (Å²) >= 11 is 6.03. The van der Waals surface area contributed by atoms with Crippen LogP contribution in [0.4, 0.5) is 6.01 Å². The van der Waals surface area contributed by atoms with Crippen LogP contribution < -0.4 is 4.90 Å². The Labute approximate surface area is 156 Å². The molecule has 136 valence electrons. The molecule has 0 spiro atoms. The van der Waals surface area contributed by atoms with Gasteiger partial charge in [-0.05, 0) is 25.0 Å². The number of aliphatic hydroxyl groups is 1. The third-order valence-corrected chi connectivity index (χ3v) is 5.03. The second kappa shape index (κ2) is 7.09. The third kappa shape index (κ3) is 3.32. The molecule has 1 aliphatic rings. The van der Waals surface area contributed by atoms with E-state index in [9.17, 15) is 5.11 Å². The van der Waals surface area contributed by atoms with Crippen LogP contribution in [0.3, 0.4) is 0 Å². The molecule has 3 aromatic rings.